The number of benzene rings is 1. The van der Waals surface area contributed by atoms with Crippen LogP contribution in [0.2, 0.25) is 0 Å². The van der Waals surface area contributed by atoms with Gasteiger partial charge in [0, 0.05) is 11.5 Å². The number of nitrogens with two attached hydrogens (primary N) is 1. The van der Waals surface area contributed by atoms with Gasteiger partial charge < -0.3 is 20.5 Å². The van der Waals surface area contributed by atoms with Crippen LogP contribution in [-0.4, -0.2) is 26.7 Å². The molecule has 0 saturated carbocycles. The monoisotopic (exact) mass is 266 g/mol. The second-order valence-corrected chi connectivity index (χ2v) is 4.94. The Labute approximate surface area is 114 Å². The minimum atomic E-state index is -0.514. The summed E-state index contributed by atoms with van der Waals surface area (Å²) in [6, 6.07) is 5.26. The van der Waals surface area contributed by atoms with Crippen molar-refractivity contribution in [1.82, 2.24) is 0 Å². The fourth-order valence-corrected chi connectivity index (χ4v) is 1.67. The number of amides is 1. The minimum Gasteiger partial charge on any atom is -0.497 e. The number of nitrogens with one attached hydrogen (secondary N) is 1. The number of rotatable bonds is 6. The van der Waals surface area contributed by atoms with Crippen molar-refractivity contribution in [2.45, 2.75) is 20.3 Å². The molecule has 0 unspecified atom stereocenters. The van der Waals surface area contributed by atoms with Gasteiger partial charge in [-0.05, 0) is 25.1 Å². The van der Waals surface area contributed by atoms with Crippen LogP contribution in [0.25, 0.3) is 0 Å². The van der Waals surface area contributed by atoms with Gasteiger partial charge in [-0.1, -0.05) is 13.8 Å². The maximum atomic E-state index is 12.2. The SMILES string of the molecule is COc1ccc(NC(=O)C(C)(C)CCN)c(OC)c1. The lowest BCUT2D eigenvalue weighted by atomic mass is 9.88. The van der Waals surface area contributed by atoms with Crippen LogP contribution in [0.4, 0.5) is 5.69 Å². The maximum Gasteiger partial charge on any atom is 0.230 e. The third-order valence-electron chi connectivity index (χ3n) is 3.04. The van der Waals surface area contributed by atoms with Crippen LogP contribution in [-0.2, 0) is 4.79 Å². The average molecular weight is 266 g/mol. The molecule has 106 valence electrons. The molecule has 0 fully saturated rings. The lowest BCUT2D eigenvalue weighted by Crippen LogP contribution is -2.32. The molecule has 0 aromatic heterocycles. The molecule has 0 aliphatic rings. The van der Waals surface area contributed by atoms with E-state index in [1.165, 1.54) is 0 Å². The highest BCUT2D eigenvalue weighted by Gasteiger charge is 2.27. The Hall–Kier alpha value is -1.75. The van der Waals surface area contributed by atoms with E-state index < -0.39 is 5.41 Å². The highest BCUT2D eigenvalue weighted by Crippen LogP contribution is 2.31. The molecule has 1 aromatic carbocycles. The maximum absolute atomic E-state index is 12.2. The van der Waals surface area contributed by atoms with Crippen molar-refractivity contribution in [2.24, 2.45) is 11.1 Å². The summed E-state index contributed by atoms with van der Waals surface area (Å²) >= 11 is 0. The van der Waals surface area contributed by atoms with E-state index in [2.05, 4.69) is 5.32 Å². The molecule has 0 saturated heterocycles. The summed E-state index contributed by atoms with van der Waals surface area (Å²) in [4.78, 5) is 12.2. The van der Waals surface area contributed by atoms with Crippen LogP contribution in [0.15, 0.2) is 18.2 Å². The Kier molecular flexibility index (Phi) is 5.18. The summed E-state index contributed by atoms with van der Waals surface area (Å²) < 4.78 is 10.4. The van der Waals surface area contributed by atoms with Crippen LogP contribution in [0.5, 0.6) is 11.5 Å². The van der Waals surface area contributed by atoms with Gasteiger partial charge in [0.05, 0.1) is 19.9 Å². The predicted octanol–water partition coefficient (Wildman–Crippen LogP) is 2.02. The molecule has 19 heavy (non-hydrogen) atoms. The van der Waals surface area contributed by atoms with E-state index in [-0.39, 0.29) is 5.91 Å². The van der Waals surface area contributed by atoms with Crippen molar-refractivity contribution in [2.75, 3.05) is 26.1 Å². The van der Waals surface area contributed by atoms with Crippen LogP contribution in [0.1, 0.15) is 20.3 Å². The normalized spacial score (nSPS) is 11.0. The van der Waals surface area contributed by atoms with Crippen LogP contribution in [0, 0.1) is 5.41 Å². The standard InChI is InChI=1S/C14H22N2O3/c1-14(2,7-8-15)13(17)16-11-6-5-10(18-3)9-12(11)19-4/h5-6,9H,7-8,15H2,1-4H3,(H,16,17). The molecule has 0 aliphatic heterocycles. The zero-order valence-electron chi connectivity index (χ0n) is 11.9. The Morgan fingerprint density at radius 2 is 2.00 bits per heavy atom. The largest absolute Gasteiger partial charge is 0.497 e. The molecule has 1 amide bonds. The first kappa shape index (κ1) is 15.3. The lowest BCUT2D eigenvalue weighted by molar-refractivity contribution is -0.124. The summed E-state index contributed by atoms with van der Waals surface area (Å²) in [5.74, 6) is 1.16. The van der Waals surface area contributed by atoms with Crippen molar-refractivity contribution in [3.8, 4) is 11.5 Å². The molecule has 0 spiro atoms. The van der Waals surface area contributed by atoms with Gasteiger partial charge in [-0.15, -0.1) is 0 Å². The van der Waals surface area contributed by atoms with Gasteiger partial charge in [-0.3, -0.25) is 4.79 Å². The molecule has 0 bridgehead atoms. The van der Waals surface area contributed by atoms with Crippen molar-refractivity contribution in [3.63, 3.8) is 0 Å². The fraction of sp³-hybridized carbons (Fsp3) is 0.500. The van der Waals surface area contributed by atoms with E-state index in [0.717, 1.165) is 0 Å². The Balaban J connectivity index is 2.90. The number of methoxy groups -OCH3 is 2. The van der Waals surface area contributed by atoms with Crippen LogP contribution >= 0.6 is 0 Å². The first-order valence-electron chi connectivity index (χ1n) is 6.18. The topological polar surface area (TPSA) is 73.6 Å². The van der Waals surface area contributed by atoms with E-state index in [0.29, 0.717) is 30.2 Å². The third-order valence-corrected chi connectivity index (χ3v) is 3.04. The van der Waals surface area contributed by atoms with Gasteiger partial charge in [0.2, 0.25) is 5.91 Å². The van der Waals surface area contributed by atoms with E-state index in [9.17, 15) is 4.79 Å². The van der Waals surface area contributed by atoms with Crippen molar-refractivity contribution < 1.29 is 14.3 Å². The molecule has 1 rings (SSSR count). The average Bonchev–Trinajstić information content (AvgIpc) is 2.39. The molecule has 1 aromatic rings. The molecule has 5 nitrogen and oxygen atoms in total. The molecule has 0 heterocycles. The van der Waals surface area contributed by atoms with E-state index in [1.807, 2.05) is 13.8 Å². The van der Waals surface area contributed by atoms with Gasteiger partial charge in [0.25, 0.3) is 0 Å². The van der Waals surface area contributed by atoms with Gasteiger partial charge in [-0.25, -0.2) is 0 Å². The molecular formula is C14H22N2O3. The first-order valence-corrected chi connectivity index (χ1v) is 6.18. The van der Waals surface area contributed by atoms with Gasteiger partial charge >= 0.3 is 0 Å². The molecular weight excluding hydrogens is 244 g/mol. The summed E-state index contributed by atoms with van der Waals surface area (Å²) in [7, 11) is 3.13. The Bertz CT molecular complexity index is 444. The number of hydrogen-bond donors (Lipinski definition) is 2. The van der Waals surface area contributed by atoms with Crippen molar-refractivity contribution in [3.05, 3.63) is 18.2 Å². The van der Waals surface area contributed by atoms with Gasteiger partial charge in [0.1, 0.15) is 11.5 Å². The van der Waals surface area contributed by atoms with E-state index in [1.54, 1.807) is 32.4 Å². The Morgan fingerprint density at radius 1 is 1.32 bits per heavy atom. The quantitative estimate of drug-likeness (QED) is 0.826. The highest BCUT2D eigenvalue weighted by atomic mass is 16.5. The first-order chi connectivity index (χ1) is 8.94. The number of anilines is 1. The Morgan fingerprint density at radius 3 is 2.53 bits per heavy atom. The number of carbonyl (C=O) groups excluding carboxylic acids is 1. The zero-order valence-corrected chi connectivity index (χ0v) is 11.9. The third kappa shape index (κ3) is 3.86. The second kappa shape index (κ2) is 6.43. The predicted molar refractivity (Wildman–Crippen MR) is 75.6 cm³/mol. The summed E-state index contributed by atoms with van der Waals surface area (Å²) in [6.07, 6.45) is 0.622. The van der Waals surface area contributed by atoms with E-state index >= 15 is 0 Å². The van der Waals surface area contributed by atoms with Crippen LogP contribution in [0.3, 0.4) is 0 Å². The molecule has 0 aliphatic carbocycles. The van der Waals surface area contributed by atoms with Gasteiger partial charge in [0.15, 0.2) is 0 Å². The van der Waals surface area contributed by atoms with E-state index in [4.69, 9.17) is 15.2 Å². The molecule has 5 heteroatoms. The summed E-state index contributed by atoms with van der Waals surface area (Å²) in [5, 5.41) is 2.86. The number of ether oxygens (including phenoxy) is 2. The van der Waals surface area contributed by atoms with Gasteiger partial charge in [-0.2, -0.15) is 0 Å². The highest BCUT2D eigenvalue weighted by molar-refractivity contribution is 5.96. The minimum absolute atomic E-state index is 0.0820. The molecule has 0 atom stereocenters. The zero-order chi connectivity index (χ0) is 14.5. The summed E-state index contributed by atoms with van der Waals surface area (Å²) in [5.41, 5.74) is 5.63. The smallest absolute Gasteiger partial charge is 0.230 e. The molecule has 0 radical (unpaired) electrons. The second-order valence-electron chi connectivity index (χ2n) is 4.94. The van der Waals surface area contributed by atoms with Crippen LogP contribution < -0.4 is 20.5 Å². The number of carbonyl (C=O) groups is 1. The van der Waals surface area contributed by atoms with Crippen molar-refractivity contribution in [1.29, 1.82) is 0 Å². The van der Waals surface area contributed by atoms with Crippen molar-refractivity contribution >= 4 is 11.6 Å². The summed E-state index contributed by atoms with van der Waals surface area (Å²) in [6.45, 7) is 4.20. The molecule has 3 N–H and O–H groups in total. The number of hydrogen-bond acceptors (Lipinski definition) is 4. The lowest BCUT2D eigenvalue weighted by Gasteiger charge is -2.23. The fourth-order valence-electron chi connectivity index (χ4n) is 1.67.